The van der Waals surface area contributed by atoms with Crippen molar-refractivity contribution in [3.8, 4) is 33.9 Å². The van der Waals surface area contributed by atoms with Gasteiger partial charge in [-0.05, 0) is 62.1 Å². The number of fused-ring (bicyclic) bond motifs is 1. The molecule has 37 heavy (non-hydrogen) atoms. The first-order chi connectivity index (χ1) is 17.6. The van der Waals surface area contributed by atoms with Gasteiger partial charge in [-0.15, -0.1) is 0 Å². The fraction of sp³-hybridized carbons (Fsp3) is 0.240. The molecule has 4 aromatic rings. The SMILES string of the molecule is COc1ncc(-c2cc(OC3CCC3)c3nc(N)nc(C)c3c2)cc1-c1c(F)ccc(S(N)(=O)=O)c1F. The van der Waals surface area contributed by atoms with Crippen LogP contribution < -0.4 is 20.3 Å². The molecule has 0 atom stereocenters. The fourth-order valence-corrected chi connectivity index (χ4v) is 4.86. The molecule has 0 radical (unpaired) electrons. The lowest BCUT2D eigenvalue weighted by molar-refractivity contribution is 0.122. The largest absolute Gasteiger partial charge is 0.488 e. The summed E-state index contributed by atoms with van der Waals surface area (Å²) in [6.45, 7) is 1.79. The number of hydrogen-bond acceptors (Lipinski definition) is 8. The lowest BCUT2D eigenvalue weighted by atomic mass is 9.95. The zero-order chi connectivity index (χ0) is 26.5. The average Bonchev–Trinajstić information content (AvgIpc) is 2.80. The monoisotopic (exact) mass is 527 g/mol. The Morgan fingerprint density at radius 2 is 1.84 bits per heavy atom. The number of sulfonamides is 1. The van der Waals surface area contributed by atoms with Gasteiger partial charge in [-0.3, -0.25) is 0 Å². The Balaban J connectivity index is 1.73. The van der Waals surface area contributed by atoms with Crippen molar-refractivity contribution in [1.82, 2.24) is 15.0 Å². The molecule has 12 heteroatoms. The van der Waals surface area contributed by atoms with E-state index in [1.165, 1.54) is 19.4 Å². The van der Waals surface area contributed by atoms with Gasteiger partial charge >= 0.3 is 0 Å². The molecule has 1 fully saturated rings. The molecule has 0 aliphatic heterocycles. The van der Waals surface area contributed by atoms with E-state index in [2.05, 4.69) is 15.0 Å². The number of nitrogens with zero attached hydrogens (tertiary/aromatic N) is 3. The number of aryl methyl sites for hydroxylation is 1. The van der Waals surface area contributed by atoms with Crippen LogP contribution in [0, 0.1) is 18.6 Å². The van der Waals surface area contributed by atoms with Crippen LogP contribution in [0.15, 0.2) is 41.4 Å². The number of primary sulfonamides is 1. The lowest BCUT2D eigenvalue weighted by Gasteiger charge is -2.27. The number of rotatable bonds is 6. The Labute approximate surface area is 211 Å². The smallest absolute Gasteiger partial charge is 0.240 e. The van der Waals surface area contributed by atoms with Gasteiger partial charge in [0.15, 0.2) is 5.82 Å². The van der Waals surface area contributed by atoms with Crippen LogP contribution >= 0.6 is 0 Å². The standard InChI is InChI=1S/C25H23F2N5O4S/c1-12-16-8-13(10-19(36-15-4-3-5-15)23(16)32-25(28)31-12)14-9-17(24(35-2)30-11-14)21-18(26)6-7-20(22(21)27)37(29,33)34/h6-11,15H,3-5H2,1-2H3,(H2,28,31,32)(H2,29,33,34). The number of pyridine rings is 1. The van der Waals surface area contributed by atoms with E-state index < -0.39 is 32.1 Å². The van der Waals surface area contributed by atoms with Gasteiger partial charge in [0.25, 0.3) is 0 Å². The number of methoxy groups -OCH3 is 1. The molecule has 1 aliphatic carbocycles. The summed E-state index contributed by atoms with van der Waals surface area (Å²) >= 11 is 0. The Morgan fingerprint density at radius 3 is 2.49 bits per heavy atom. The molecule has 192 valence electrons. The van der Waals surface area contributed by atoms with Crippen molar-refractivity contribution < 1.29 is 26.7 Å². The maximum Gasteiger partial charge on any atom is 0.240 e. The maximum atomic E-state index is 15.3. The van der Waals surface area contributed by atoms with Crippen molar-refractivity contribution in [3.63, 3.8) is 0 Å². The van der Waals surface area contributed by atoms with Crippen LogP contribution in [0.2, 0.25) is 0 Å². The summed E-state index contributed by atoms with van der Waals surface area (Å²) < 4.78 is 65.3. The van der Waals surface area contributed by atoms with Crippen molar-refractivity contribution in [3.05, 3.63) is 53.9 Å². The maximum absolute atomic E-state index is 15.3. The van der Waals surface area contributed by atoms with Crippen LogP contribution in [0.25, 0.3) is 33.2 Å². The Morgan fingerprint density at radius 1 is 1.08 bits per heavy atom. The second-order valence-electron chi connectivity index (χ2n) is 8.77. The predicted molar refractivity (Wildman–Crippen MR) is 133 cm³/mol. The third kappa shape index (κ3) is 4.53. The van der Waals surface area contributed by atoms with E-state index in [4.69, 9.17) is 20.3 Å². The van der Waals surface area contributed by atoms with Gasteiger partial charge in [0.1, 0.15) is 22.0 Å². The van der Waals surface area contributed by atoms with Crippen LogP contribution in [-0.2, 0) is 10.0 Å². The molecule has 2 heterocycles. The number of nitrogen functional groups attached to an aromatic ring is 1. The van der Waals surface area contributed by atoms with E-state index in [-0.39, 0.29) is 23.5 Å². The summed E-state index contributed by atoms with van der Waals surface area (Å²) in [4.78, 5) is 12.0. The lowest BCUT2D eigenvalue weighted by Crippen LogP contribution is -2.24. The second-order valence-corrected chi connectivity index (χ2v) is 10.3. The third-order valence-corrected chi connectivity index (χ3v) is 7.26. The number of benzene rings is 2. The molecule has 2 aromatic carbocycles. The fourth-order valence-electron chi connectivity index (χ4n) is 4.25. The van der Waals surface area contributed by atoms with Crippen LogP contribution in [0.1, 0.15) is 25.0 Å². The van der Waals surface area contributed by atoms with E-state index in [0.29, 0.717) is 33.5 Å². The van der Waals surface area contributed by atoms with Gasteiger partial charge in [0, 0.05) is 17.1 Å². The number of halogens is 2. The van der Waals surface area contributed by atoms with Crippen molar-refractivity contribution in [2.75, 3.05) is 12.8 Å². The molecule has 0 amide bonds. The van der Waals surface area contributed by atoms with Crippen LogP contribution in [-0.4, -0.2) is 36.6 Å². The second kappa shape index (κ2) is 9.20. The first-order valence-electron chi connectivity index (χ1n) is 11.4. The summed E-state index contributed by atoms with van der Waals surface area (Å²) in [5.74, 6) is -1.83. The summed E-state index contributed by atoms with van der Waals surface area (Å²) in [6.07, 6.45) is 4.42. The normalized spacial score (nSPS) is 14.0. The molecule has 1 saturated carbocycles. The molecule has 0 unspecified atom stereocenters. The molecule has 1 aliphatic rings. The van der Waals surface area contributed by atoms with Gasteiger partial charge in [0.2, 0.25) is 21.9 Å². The minimum Gasteiger partial charge on any atom is -0.488 e. The topological polar surface area (TPSA) is 143 Å². The van der Waals surface area contributed by atoms with E-state index in [1.54, 1.807) is 19.1 Å². The zero-order valence-electron chi connectivity index (χ0n) is 20.0. The van der Waals surface area contributed by atoms with Gasteiger partial charge in [0.05, 0.1) is 30.0 Å². The van der Waals surface area contributed by atoms with Crippen LogP contribution in [0.4, 0.5) is 14.7 Å². The van der Waals surface area contributed by atoms with E-state index in [0.717, 1.165) is 31.4 Å². The average molecular weight is 528 g/mol. The molecular formula is C25H23F2N5O4S. The summed E-state index contributed by atoms with van der Waals surface area (Å²) in [5.41, 5.74) is 7.42. The van der Waals surface area contributed by atoms with Crippen molar-refractivity contribution in [1.29, 1.82) is 0 Å². The summed E-state index contributed by atoms with van der Waals surface area (Å²) in [6, 6.07) is 6.62. The molecule has 9 nitrogen and oxygen atoms in total. The minimum atomic E-state index is -4.45. The summed E-state index contributed by atoms with van der Waals surface area (Å²) in [5, 5.41) is 5.81. The van der Waals surface area contributed by atoms with Gasteiger partial charge in [-0.25, -0.2) is 37.3 Å². The quantitative estimate of drug-likeness (QED) is 0.381. The third-order valence-electron chi connectivity index (χ3n) is 6.33. The number of anilines is 1. The highest BCUT2D eigenvalue weighted by Crippen LogP contribution is 2.40. The first kappa shape index (κ1) is 24.8. The number of hydrogen-bond donors (Lipinski definition) is 2. The van der Waals surface area contributed by atoms with Crippen molar-refractivity contribution in [2.24, 2.45) is 5.14 Å². The summed E-state index contributed by atoms with van der Waals surface area (Å²) in [7, 11) is -3.16. The molecule has 4 N–H and O–H groups in total. The highest BCUT2D eigenvalue weighted by Gasteiger charge is 2.26. The Kier molecular flexibility index (Phi) is 6.16. The molecule has 2 aromatic heterocycles. The number of ether oxygens (including phenoxy) is 2. The van der Waals surface area contributed by atoms with E-state index in [9.17, 15) is 12.8 Å². The molecular weight excluding hydrogens is 504 g/mol. The van der Waals surface area contributed by atoms with Crippen molar-refractivity contribution >= 4 is 26.9 Å². The van der Waals surface area contributed by atoms with Crippen molar-refractivity contribution in [2.45, 2.75) is 37.2 Å². The van der Waals surface area contributed by atoms with Gasteiger partial charge < -0.3 is 15.2 Å². The molecule has 0 saturated heterocycles. The minimum absolute atomic E-state index is 0.0450. The number of aromatic nitrogens is 3. The highest BCUT2D eigenvalue weighted by molar-refractivity contribution is 7.89. The highest BCUT2D eigenvalue weighted by atomic mass is 32.2. The van der Waals surface area contributed by atoms with Gasteiger partial charge in [-0.1, -0.05) is 0 Å². The zero-order valence-corrected chi connectivity index (χ0v) is 20.8. The Hall–Kier alpha value is -3.90. The molecule has 0 bridgehead atoms. The molecule has 0 spiro atoms. The van der Waals surface area contributed by atoms with Crippen LogP contribution in [0.5, 0.6) is 11.6 Å². The number of nitrogens with two attached hydrogens (primary N) is 2. The first-order valence-corrected chi connectivity index (χ1v) is 12.9. The van der Waals surface area contributed by atoms with Crippen LogP contribution in [0.3, 0.4) is 0 Å². The van der Waals surface area contributed by atoms with Gasteiger partial charge in [-0.2, -0.15) is 0 Å². The molecule has 5 rings (SSSR count). The Bertz CT molecular complexity index is 1660. The van der Waals surface area contributed by atoms with E-state index in [1.807, 2.05) is 0 Å². The predicted octanol–water partition coefficient (Wildman–Crippen LogP) is 4.11. The van der Waals surface area contributed by atoms with E-state index >= 15 is 4.39 Å².